The molecular formula is C18H21F2N3O3. The van der Waals surface area contributed by atoms with Crippen molar-refractivity contribution in [1.29, 1.82) is 0 Å². The van der Waals surface area contributed by atoms with Gasteiger partial charge < -0.3 is 14.2 Å². The third kappa shape index (κ3) is 4.17. The van der Waals surface area contributed by atoms with Crippen LogP contribution < -0.4 is 0 Å². The first kappa shape index (κ1) is 18.3. The molecule has 0 radical (unpaired) electrons. The molecule has 1 aromatic heterocycles. The molecule has 1 aromatic carbocycles. The molecule has 0 aliphatic carbocycles. The average molecular weight is 365 g/mol. The zero-order chi connectivity index (χ0) is 18.9. The number of nitrogens with zero attached hydrogens (tertiary/aromatic N) is 3. The normalized spacial score (nSPS) is 18.0. The SMILES string of the molecule is CC(C)(C)OC(=O)N1CCCC(c2noc(-c3ccc(F)cc3F)n2)C1. The molecule has 1 aliphatic rings. The minimum atomic E-state index is -0.765. The van der Waals surface area contributed by atoms with Crippen LogP contribution in [0.4, 0.5) is 13.6 Å². The molecule has 1 fully saturated rings. The Bertz CT molecular complexity index is 801. The van der Waals surface area contributed by atoms with E-state index in [1.54, 1.807) is 4.90 Å². The number of carbonyl (C=O) groups is 1. The topological polar surface area (TPSA) is 68.5 Å². The monoisotopic (exact) mass is 365 g/mol. The predicted octanol–water partition coefficient (Wildman–Crippen LogP) is 4.13. The number of carbonyl (C=O) groups excluding carboxylic acids is 1. The van der Waals surface area contributed by atoms with Crippen molar-refractivity contribution in [2.75, 3.05) is 13.1 Å². The van der Waals surface area contributed by atoms with E-state index in [0.717, 1.165) is 25.0 Å². The number of piperidine rings is 1. The Balaban J connectivity index is 1.73. The standard InChI is InChI=1S/C18H21F2N3O3/c1-18(2,3)25-17(24)23-8-4-5-11(10-23)15-21-16(26-22-15)13-7-6-12(19)9-14(13)20/h6-7,9,11H,4-5,8,10H2,1-3H3. The number of likely N-dealkylation sites (tertiary alicyclic amines) is 1. The molecule has 2 heterocycles. The highest BCUT2D eigenvalue weighted by molar-refractivity contribution is 5.68. The molecular weight excluding hydrogens is 344 g/mol. The molecule has 0 bridgehead atoms. The number of aromatic nitrogens is 2. The summed E-state index contributed by atoms with van der Waals surface area (Å²) in [4.78, 5) is 18.1. The van der Waals surface area contributed by atoms with Gasteiger partial charge in [-0.1, -0.05) is 5.16 Å². The Morgan fingerprint density at radius 3 is 2.81 bits per heavy atom. The number of hydrogen-bond acceptors (Lipinski definition) is 5. The van der Waals surface area contributed by atoms with E-state index in [1.807, 2.05) is 20.8 Å². The van der Waals surface area contributed by atoms with Crippen LogP contribution >= 0.6 is 0 Å². The van der Waals surface area contributed by atoms with E-state index in [1.165, 1.54) is 6.07 Å². The second kappa shape index (κ2) is 7.01. The van der Waals surface area contributed by atoms with E-state index < -0.39 is 17.2 Å². The third-order valence-electron chi connectivity index (χ3n) is 4.04. The molecule has 1 aliphatic heterocycles. The van der Waals surface area contributed by atoms with Crippen molar-refractivity contribution in [1.82, 2.24) is 15.0 Å². The van der Waals surface area contributed by atoms with Crippen LogP contribution in [0.15, 0.2) is 22.7 Å². The van der Waals surface area contributed by atoms with Crippen molar-refractivity contribution >= 4 is 6.09 Å². The lowest BCUT2D eigenvalue weighted by Crippen LogP contribution is -2.42. The fourth-order valence-corrected chi connectivity index (χ4v) is 2.85. The zero-order valence-electron chi connectivity index (χ0n) is 15.0. The first-order valence-corrected chi connectivity index (χ1v) is 8.50. The maximum Gasteiger partial charge on any atom is 0.410 e. The number of benzene rings is 1. The highest BCUT2D eigenvalue weighted by Crippen LogP contribution is 2.29. The third-order valence-corrected chi connectivity index (χ3v) is 4.04. The predicted molar refractivity (Wildman–Crippen MR) is 89.4 cm³/mol. The highest BCUT2D eigenvalue weighted by Gasteiger charge is 2.31. The molecule has 0 N–H and O–H groups in total. The molecule has 3 rings (SSSR count). The van der Waals surface area contributed by atoms with Gasteiger partial charge in [0, 0.05) is 25.1 Å². The van der Waals surface area contributed by atoms with Crippen LogP contribution in [0.25, 0.3) is 11.5 Å². The molecule has 1 amide bonds. The quantitative estimate of drug-likeness (QED) is 0.800. The van der Waals surface area contributed by atoms with Gasteiger partial charge in [0.05, 0.1) is 5.56 Å². The minimum Gasteiger partial charge on any atom is -0.444 e. The van der Waals surface area contributed by atoms with Gasteiger partial charge in [0.25, 0.3) is 5.89 Å². The summed E-state index contributed by atoms with van der Waals surface area (Å²) < 4.78 is 37.5. The Labute approximate surface area is 150 Å². The van der Waals surface area contributed by atoms with Crippen molar-refractivity contribution in [3.63, 3.8) is 0 Å². The zero-order valence-corrected chi connectivity index (χ0v) is 15.0. The number of hydrogen-bond donors (Lipinski definition) is 0. The lowest BCUT2D eigenvalue weighted by atomic mass is 9.98. The fourth-order valence-electron chi connectivity index (χ4n) is 2.85. The number of amides is 1. The number of ether oxygens (including phenoxy) is 1. The van der Waals surface area contributed by atoms with Gasteiger partial charge in [-0.3, -0.25) is 0 Å². The van der Waals surface area contributed by atoms with Crippen molar-refractivity contribution in [2.45, 2.75) is 45.1 Å². The molecule has 8 heteroatoms. The molecule has 26 heavy (non-hydrogen) atoms. The highest BCUT2D eigenvalue weighted by atomic mass is 19.1. The van der Waals surface area contributed by atoms with Crippen molar-refractivity contribution in [3.05, 3.63) is 35.7 Å². The van der Waals surface area contributed by atoms with Gasteiger partial charge in [-0.05, 0) is 45.7 Å². The van der Waals surface area contributed by atoms with Gasteiger partial charge in [0.2, 0.25) is 0 Å². The van der Waals surface area contributed by atoms with E-state index in [-0.39, 0.29) is 23.5 Å². The Morgan fingerprint density at radius 1 is 1.35 bits per heavy atom. The van der Waals surface area contributed by atoms with E-state index >= 15 is 0 Å². The summed E-state index contributed by atoms with van der Waals surface area (Å²) in [6.07, 6.45) is 1.18. The Kier molecular flexibility index (Phi) is 4.93. The summed E-state index contributed by atoms with van der Waals surface area (Å²) in [5, 5.41) is 3.92. The number of rotatable bonds is 2. The number of halogens is 2. The van der Waals surface area contributed by atoms with Crippen LogP contribution in [-0.2, 0) is 4.74 Å². The summed E-state index contributed by atoms with van der Waals surface area (Å²) in [6, 6.07) is 3.16. The van der Waals surface area contributed by atoms with Crippen LogP contribution in [0.2, 0.25) is 0 Å². The van der Waals surface area contributed by atoms with E-state index in [4.69, 9.17) is 9.26 Å². The summed E-state index contributed by atoms with van der Waals surface area (Å²) >= 11 is 0. The summed E-state index contributed by atoms with van der Waals surface area (Å²) in [5.41, 5.74) is -0.520. The average Bonchev–Trinajstić information content (AvgIpc) is 3.03. The van der Waals surface area contributed by atoms with Gasteiger partial charge in [-0.2, -0.15) is 4.98 Å². The van der Waals surface area contributed by atoms with Gasteiger partial charge in [0.1, 0.15) is 17.2 Å². The first-order chi connectivity index (χ1) is 12.2. The van der Waals surface area contributed by atoms with Gasteiger partial charge in [0.15, 0.2) is 5.82 Å². The molecule has 0 spiro atoms. The summed E-state index contributed by atoms with van der Waals surface area (Å²) in [5.74, 6) is -1.17. The second-order valence-corrected chi connectivity index (χ2v) is 7.35. The van der Waals surface area contributed by atoms with Crippen molar-refractivity contribution < 1.29 is 22.8 Å². The van der Waals surface area contributed by atoms with E-state index in [0.29, 0.717) is 18.9 Å². The molecule has 2 aromatic rings. The molecule has 1 unspecified atom stereocenters. The fraction of sp³-hybridized carbons (Fsp3) is 0.500. The molecule has 6 nitrogen and oxygen atoms in total. The Morgan fingerprint density at radius 2 is 2.12 bits per heavy atom. The maximum absolute atomic E-state index is 13.9. The van der Waals surface area contributed by atoms with Crippen LogP contribution in [0, 0.1) is 11.6 Å². The van der Waals surface area contributed by atoms with Gasteiger partial charge in [-0.15, -0.1) is 0 Å². The molecule has 1 saturated heterocycles. The first-order valence-electron chi connectivity index (χ1n) is 8.50. The van der Waals surface area contributed by atoms with E-state index in [2.05, 4.69) is 10.1 Å². The Hall–Kier alpha value is -2.51. The molecule has 140 valence electrons. The van der Waals surface area contributed by atoms with Gasteiger partial charge in [-0.25, -0.2) is 13.6 Å². The largest absolute Gasteiger partial charge is 0.444 e. The summed E-state index contributed by atoms with van der Waals surface area (Å²) in [6.45, 7) is 6.45. The van der Waals surface area contributed by atoms with Crippen LogP contribution in [-0.4, -0.2) is 39.8 Å². The second-order valence-electron chi connectivity index (χ2n) is 7.35. The van der Waals surface area contributed by atoms with Crippen LogP contribution in [0.1, 0.15) is 45.4 Å². The smallest absolute Gasteiger partial charge is 0.410 e. The lowest BCUT2D eigenvalue weighted by Gasteiger charge is -2.32. The van der Waals surface area contributed by atoms with E-state index in [9.17, 15) is 13.6 Å². The molecule has 1 atom stereocenters. The van der Waals surface area contributed by atoms with Crippen molar-refractivity contribution in [3.8, 4) is 11.5 Å². The maximum atomic E-state index is 13.9. The minimum absolute atomic E-state index is 0.00751. The summed E-state index contributed by atoms with van der Waals surface area (Å²) in [7, 11) is 0. The molecule has 0 saturated carbocycles. The lowest BCUT2D eigenvalue weighted by molar-refractivity contribution is 0.0195. The van der Waals surface area contributed by atoms with Crippen LogP contribution in [0.3, 0.4) is 0 Å². The van der Waals surface area contributed by atoms with Gasteiger partial charge >= 0.3 is 6.09 Å². The van der Waals surface area contributed by atoms with Crippen LogP contribution in [0.5, 0.6) is 0 Å². The van der Waals surface area contributed by atoms with Crippen molar-refractivity contribution in [2.24, 2.45) is 0 Å².